The molecule has 0 amide bonds. The van der Waals surface area contributed by atoms with E-state index in [4.69, 9.17) is 0 Å². The highest BCUT2D eigenvalue weighted by atomic mass is 16.6. The lowest BCUT2D eigenvalue weighted by atomic mass is 10.2. The van der Waals surface area contributed by atoms with Crippen LogP contribution in [0.2, 0.25) is 0 Å². The molecule has 6 nitrogen and oxygen atoms in total. The molecule has 1 aromatic carbocycles. The summed E-state index contributed by atoms with van der Waals surface area (Å²) in [5.41, 5.74) is 0.796. The largest absolute Gasteiger partial charge is 0.371 e. The number of carbonyl (C=O) groups excluding carboxylic acids is 2. The number of nitrogens with zero attached hydrogens (tertiary/aromatic N) is 2. The molecule has 1 rings (SSSR count). The van der Waals surface area contributed by atoms with Crippen LogP contribution in [-0.4, -0.2) is 29.6 Å². The summed E-state index contributed by atoms with van der Waals surface area (Å²) in [6, 6.07) is 6.12. The van der Waals surface area contributed by atoms with Crippen LogP contribution >= 0.6 is 0 Å². The third kappa shape index (κ3) is 5.17. The highest BCUT2D eigenvalue weighted by Crippen LogP contribution is 2.20. The fourth-order valence-corrected chi connectivity index (χ4v) is 1.74. The summed E-state index contributed by atoms with van der Waals surface area (Å²) in [6.07, 6.45) is 0.768. The molecule has 6 heteroatoms. The van der Waals surface area contributed by atoms with Gasteiger partial charge in [-0.15, -0.1) is 0 Å². The van der Waals surface area contributed by atoms with Crippen molar-refractivity contribution in [1.29, 1.82) is 0 Å². The van der Waals surface area contributed by atoms with E-state index >= 15 is 0 Å². The van der Waals surface area contributed by atoms with Crippen LogP contribution in [0.25, 0.3) is 0 Å². The number of non-ortho nitro benzene ring substituents is 1. The smallest absolute Gasteiger partial charge is 0.269 e. The molecular weight excluding hydrogens is 260 g/mol. The number of anilines is 1. The first kappa shape index (κ1) is 15.8. The Bertz CT molecular complexity index is 478. The Balaban J connectivity index is 2.81. The van der Waals surface area contributed by atoms with Gasteiger partial charge in [-0.1, -0.05) is 0 Å². The summed E-state index contributed by atoms with van der Waals surface area (Å²) >= 11 is 0. The van der Waals surface area contributed by atoms with Crippen molar-refractivity contribution in [3.05, 3.63) is 34.4 Å². The van der Waals surface area contributed by atoms with Crippen LogP contribution in [0.3, 0.4) is 0 Å². The number of nitro benzene ring substituents is 1. The first-order chi connectivity index (χ1) is 9.40. The molecule has 0 bridgehead atoms. The highest BCUT2D eigenvalue weighted by Gasteiger charge is 2.11. The summed E-state index contributed by atoms with van der Waals surface area (Å²) < 4.78 is 0. The summed E-state index contributed by atoms with van der Waals surface area (Å²) in [7, 11) is 0. The Hall–Kier alpha value is -2.24. The molecule has 0 atom stereocenters. The number of carbonyl (C=O) groups is 2. The first-order valence-electron chi connectivity index (χ1n) is 6.38. The lowest BCUT2D eigenvalue weighted by Gasteiger charge is -2.23. The van der Waals surface area contributed by atoms with E-state index in [1.807, 2.05) is 4.90 Å². The van der Waals surface area contributed by atoms with E-state index in [1.54, 1.807) is 12.1 Å². The van der Waals surface area contributed by atoms with E-state index in [-0.39, 0.29) is 17.3 Å². The molecule has 0 N–H and O–H groups in total. The van der Waals surface area contributed by atoms with Crippen LogP contribution in [-0.2, 0) is 9.59 Å². The van der Waals surface area contributed by atoms with Crippen molar-refractivity contribution >= 4 is 22.9 Å². The van der Waals surface area contributed by atoms with Crippen LogP contribution in [0.5, 0.6) is 0 Å². The molecule has 0 unspecified atom stereocenters. The fraction of sp³-hybridized carbons (Fsp3) is 0.429. The quantitative estimate of drug-likeness (QED) is 0.538. The predicted molar refractivity (Wildman–Crippen MR) is 75.9 cm³/mol. The van der Waals surface area contributed by atoms with Gasteiger partial charge in [0.1, 0.15) is 11.6 Å². The van der Waals surface area contributed by atoms with Gasteiger partial charge in [0.2, 0.25) is 0 Å². The van der Waals surface area contributed by atoms with Gasteiger partial charge in [-0.25, -0.2) is 0 Å². The average molecular weight is 278 g/mol. The van der Waals surface area contributed by atoms with Crippen molar-refractivity contribution in [3.8, 4) is 0 Å². The van der Waals surface area contributed by atoms with Gasteiger partial charge in [0.05, 0.1) is 4.92 Å². The van der Waals surface area contributed by atoms with Crippen LogP contribution in [0.4, 0.5) is 11.4 Å². The molecule has 0 aliphatic rings. The minimum absolute atomic E-state index is 0.0202. The lowest BCUT2D eigenvalue weighted by Crippen LogP contribution is -2.28. The third-order valence-corrected chi connectivity index (χ3v) is 2.89. The molecule has 108 valence electrons. The van der Waals surface area contributed by atoms with Crippen molar-refractivity contribution in [3.63, 3.8) is 0 Å². The minimum Gasteiger partial charge on any atom is -0.371 e. The lowest BCUT2D eigenvalue weighted by molar-refractivity contribution is -0.384. The second-order valence-electron chi connectivity index (χ2n) is 4.66. The molecule has 1 aromatic rings. The van der Waals surface area contributed by atoms with Crippen LogP contribution in [0.1, 0.15) is 26.7 Å². The van der Waals surface area contributed by atoms with E-state index in [0.717, 1.165) is 5.69 Å². The Kier molecular flexibility index (Phi) is 5.83. The SMILES string of the molecule is CC(=O)CCN(CCC(C)=O)c1ccc([N+](=O)[O-])cc1. The number of hydrogen-bond acceptors (Lipinski definition) is 5. The molecule has 0 radical (unpaired) electrons. The molecule has 0 aromatic heterocycles. The Labute approximate surface area is 117 Å². The summed E-state index contributed by atoms with van der Waals surface area (Å²) in [5, 5.41) is 10.6. The van der Waals surface area contributed by atoms with Crippen molar-refractivity contribution in [2.24, 2.45) is 0 Å². The molecule has 0 fully saturated rings. The van der Waals surface area contributed by atoms with E-state index in [1.165, 1.54) is 26.0 Å². The van der Waals surface area contributed by atoms with Crippen molar-refractivity contribution < 1.29 is 14.5 Å². The van der Waals surface area contributed by atoms with Gasteiger partial charge < -0.3 is 4.90 Å². The number of Topliss-reactive ketones (excluding diaryl/α,β-unsaturated/α-hetero) is 2. The van der Waals surface area contributed by atoms with Crippen LogP contribution in [0.15, 0.2) is 24.3 Å². The van der Waals surface area contributed by atoms with E-state index in [0.29, 0.717) is 25.9 Å². The van der Waals surface area contributed by atoms with Gasteiger partial charge in [-0.05, 0) is 26.0 Å². The number of benzene rings is 1. The first-order valence-corrected chi connectivity index (χ1v) is 6.38. The number of hydrogen-bond donors (Lipinski definition) is 0. The van der Waals surface area contributed by atoms with Crippen molar-refractivity contribution in [2.45, 2.75) is 26.7 Å². The zero-order valence-corrected chi connectivity index (χ0v) is 11.7. The number of rotatable bonds is 8. The Morgan fingerprint density at radius 1 is 1.05 bits per heavy atom. The zero-order valence-electron chi connectivity index (χ0n) is 11.7. The van der Waals surface area contributed by atoms with Gasteiger partial charge in [0.25, 0.3) is 5.69 Å². The van der Waals surface area contributed by atoms with Crippen molar-refractivity contribution in [2.75, 3.05) is 18.0 Å². The Morgan fingerprint density at radius 3 is 1.85 bits per heavy atom. The monoisotopic (exact) mass is 278 g/mol. The average Bonchev–Trinajstić information content (AvgIpc) is 2.38. The third-order valence-electron chi connectivity index (χ3n) is 2.89. The topological polar surface area (TPSA) is 80.5 Å². The highest BCUT2D eigenvalue weighted by molar-refractivity contribution is 5.77. The summed E-state index contributed by atoms with van der Waals surface area (Å²) in [4.78, 5) is 34.2. The molecule has 20 heavy (non-hydrogen) atoms. The standard InChI is InChI=1S/C14H18N2O4/c1-11(17)7-9-15(10-8-12(2)18)13-3-5-14(6-4-13)16(19)20/h3-6H,7-10H2,1-2H3. The molecule has 0 spiro atoms. The number of ketones is 2. The second kappa shape index (κ2) is 7.37. The maximum Gasteiger partial charge on any atom is 0.269 e. The molecule has 0 aliphatic heterocycles. The fourth-order valence-electron chi connectivity index (χ4n) is 1.74. The van der Waals surface area contributed by atoms with E-state index < -0.39 is 4.92 Å². The van der Waals surface area contributed by atoms with Crippen LogP contribution < -0.4 is 4.90 Å². The van der Waals surface area contributed by atoms with Gasteiger partial charge in [-0.2, -0.15) is 0 Å². The van der Waals surface area contributed by atoms with E-state index in [2.05, 4.69) is 0 Å². The number of nitro groups is 1. The molecule has 0 heterocycles. The van der Waals surface area contributed by atoms with Crippen LogP contribution in [0, 0.1) is 10.1 Å². The molecule has 0 saturated heterocycles. The normalized spacial score (nSPS) is 10.1. The van der Waals surface area contributed by atoms with Gasteiger partial charge >= 0.3 is 0 Å². The Morgan fingerprint density at radius 2 is 1.50 bits per heavy atom. The van der Waals surface area contributed by atoms with Gasteiger partial charge in [0, 0.05) is 43.8 Å². The van der Waals surface area contributed by atoms with Crippen molar-refractivity contribution in [1.82, 2.24) is 0 Å². The minimum atomic E-state index is -0.459. The van der Waals surface area contributed by atoms with Gasteiger partial charge in [0.15, 0.2) is 0 Å². The summed E-state index contributed by atoms with van der Waals surface area (Å²) in [5.74, 6) is 0.138. The second-order valence-corrected chi connectivity index (χ2v) is 4.66. The van der Waals surface area contributed by atoms with E-state index in [9.17, 15) is 19.7 Å². The summed E-state index contributed by atoms with van der Waals surface area (Å²) in [6.45, 7) is 4.03. The molecule has 0 aliphatic carbocycles. The zero-order chi connectivity index (χ0) is 15.1. The molecule has 0 saturated carbocycles. The molecular formula is C14H18N2O4. The van der Waals surface area contributed by atoms with Gasteiger partial charge in [-0.3, -0.25) is 19.7 Å². The maximum atomic E-state index is 11.1. The predicted octanol–water partition coefficient (Wildman–Crippen LogP) is 2.36. The maximum absolute atomic E-state index is 11.1.